The summed E-state index contributed by atoms with van der Waals surface area (Å²) in [5, 5.41) is 0. The van der Waals surface area contributed by atoms with Crippen LogP contribution in [0, 0.1) is 5.82 Å². The van der Waals surface area contributed by atoms with E-state index < -0.39 is 0 Å². The van der Waals surface area contributed by atoms with Crippen LogP contribution in [0.4, 0.5) is 10.1 Å². The molecule has 0 atom stereocenters. The SMILES string of the molecule is CCc1ccc(CN(CCCN)c2cccc(F)c2)cc1. The van der Waals surface area contributed by atoms with E-state index in [9.17, 15) is 4.39 Å². The Morgan fingerprint density at radius 1 is 1.05 bits per heavy atom. The van der Waals surface area contributed by atoms with E-state index in [1.165, 1.54) is 17.2 Å². The highest BCUT2D eigenvalue weighted by Crippen LogP contribution is 2.19. The van der Waals surface area contributed by atoms with Gasteiger partial charge in [-0.25, -0.2) is 4.39 Å². The normalized spacial score (nSPS) is 10.6. The maximum absolute atomic E-state index is 13.4. The Morgan fingerprint density at radius 3 is 2.38 bits per heavy atom. The van der Waals surface area contributed by atoms with Crippen LogP contribution < -0.4 is 10.6 Å². The topological polar surface area (TPSA) is 29.3 Å². The van der Waals surface area contributed by atoms with Crippen molar-refractivity contribution < 1.29 is 4.39 Å². The zero-order valence-electron chi connectivity index (χ0n) is 12.6. The summed E-state index contributed by atoms with van der Waals surface area (Å²) < 4.78 is 13.4. The molecule has 2 rings (SSSR count). The van der Waals surface area contributed by atoms with E-state index in [1.807, 2.05) is 6.07 Å². The number of hydrogen-bond donors (Lipinski definition) is 1. The fourth-order valence-electron chi connectivity index (χ4n) is 2.36. The predicted molar refractivity (Wildman–Crippen MR) is 86.9 cm³/mol. The lowest BCUT2D eigenvalue weighted by Crippen LogP contribution is -2.25. The molecule has 0 radical (unpaired) electrons. The summed E-state index contributed by atoms with van der Waals surface area (Å²) in [5.74, 6) is -0.202. The highest BCUT2D eigenvalue weighted by molar-refractivity contribution is 5.47. The van der Waals surface area contributed by atoms with Crippen molar-refractivity contribution in [3.8, 4) is 0 Å². The summed E-state index contributed by atoms with van der Waals surface area (Å²) >= 11 is 0. The van der Waals surface area contributed by atoms with E-state index in [2.05, 4.69) is 36.1 Å². The highest BCUT2D eigenvalue weighted by atomic mass is 19.1. The molecular weight excluding hydrogens is 263 g/mol. The molecular formula is C18H23FN2. The Bertz CT molecular complexity index is 551. The van der Waals surface area contributed by atoms with Crippen molar-refractivity contribution in [2.75, 3.05) is 18.0 Å². The molecule has 0 saturated heterocycles. The Hall–Kier alpha value is -1.87. The summed E-state index contributed by atoms with van der Waals surface area (Å²) in [4.78, 5) is 2.18. The fraction of sp³-hybridized carbons (Fsp3) is 0.333. The Kier molecular flexibility index (Phi) is 5.76. The van der Waals surface area contributed by atoms with Gasteiger partial charge >= 0.3 is 0 Å². The van der Waals surface area contributed by atoms with Gasteiger partial charge in [0.15, 0.2) is 0 Å². The molecule has 0 fully saturated rings. The highest BCUT2D eigenvalue weighted by Gasteiger charge is 2.08. The molecule has 0 amide bonds. The minimum atomic E-state index is -0.202. The molecule has 2 aromatic carbocycles. The first-order valence-electron chi connectivity index (χ1n) is 7.51. The Balaban J connectivity index is 2.15. The number of aryl methyl sites for hydroxylation is 1. The monoisotopic (exact) mass is 286 g/mol. The third kappa shape index (κ3) is 4.57. The fourth-order valence-corrected chi connectivity index (χ4v) is 2.36. The van der Waals surface area contributed by atoms with Crippen molar-refractivity contribution >= 4 is 5.69 Å². The van der Waals surface area contributed by atoms with Crippen LogP contribution in [-0.4, -0.2) is 13.1 Å². The van der Waals surface area contributed by atoms with E-state index in [0.717, 1.165) is 31.6 Å². The maximum atomic E-state index is 13.4. The molecule has 0 spiro atoms. The zero-order chi connectivity index (χ0) is 15.1. The summed E-state index contributed by atoms with van der Waals surface area (Å²) in [6.45, 7) is 4.39. The van der Waals surface area contributed by atoms with E-state index in [-0.39, 0.29) is 5.82 Å². The van der Waals surface area contributed by atoms with E-state index in [0.29, 0.717) is 6.54 Å². The van der Waals surface area contributed by atoms with Crippen LogP contribution in [0.2, 0.25) is 0 Å². The van der Waals surface area contributed by atoms with Gasteiger partial charge in [-0.1, -0.05) is 37.3 Å². The van der Waals surface area contributed by atoms with E-state index in [4.69, 9.17) is 5.73 Å². The van der Waals surface area contributed by atoms with Crippen LogP contribution in [0.15, 0.2) is 48.5 Å². The molecule has 0 aliphatic rings. The van der Waals surface area contributed by atoms with E-state index in [1.54, 1.807) is 12.1 Å². The summed E-state index contributed by atoms with van der Waals surface area (Å²) in [6, 6.07) is 15.4. The van der Waals surface area contributed by atoms with Gasteiger partial charge < -0.3 is 10.6 Å². The van der Waals surface area contributed by atoms with Crippen LogP contribution in [0.1, 0.15) is 24.5 Å². The van der Waals surface area contributed by atoms with Crippen molar-refractivity contribution in [2.45, 2.75) is 26.3 Å². The van der Waals surface area contributed by atoms with Crippen molar-refractivity contribution in [1.29, 1.82) is 0 Å². The molecule has 0 aliphatic carbocycles. The molecule has 0 bridgehead atoms. The van der Waals surface area contributed by atoms with Crippen molar-refractivity contribution in [3.63, 3.8) is 0 Å². The smallest absolute Gasteiger partial charge is 0.125 e. The van der Waals surface area contributed by atoms with Crippen LogP contribution in [0.5, 0.6) is 0 Å². The number of nitrogens with zero attached hydrogens (tertiary/aromatic N) is 1. The zero-order valence-corrected chi connectivity index (χ0v) is 12.6. The molecule has 112 valence electrons. The Labute approximate surface area is 126 Å². The molecule has 0 aromatic heterocycles. The third-order valence-corrected chi connectivity index (χ3v) is 3.61. The molecule has 2 N–H and O–H groups in total. The standard InChI is InChI=1S/C18H23FN2/c1-2-15-7-9-16(10-8-15)14-21(12-4-11-20)18-6-3-5-17(19)13-18/h3,5-10,13H,2,4,11-12,14,20H2,1H3. The quantitative estimate of drug-likeness (QED) is 0.840. The molecule has 0 unspecified atom stereocenters. The van der Waals surface area contributed by atoms with E-state index >= 15 is 0 Å². The number of halogens is 1. The lowest BCUT2D eigenvalue weighted by Gasteiger charge is -2.25. The molecule has 0 saturated carbocycles. The Morgan fingerprint density at radius 2 is 1.76 bits per heavy atom. The van der Waals surface area contributed by atoms with Gasteiger partial charge in [-0.15, -0.1) is 0 Å². The lowest BCUT2D eigenvalue weighted by molar-refractivity contribution is 0.625. The van der Waals surface area contributed by atoms with Crippen LogP contribution in [0.25, 0.3) is 0 Å². The number of rotatable bonds is 7. The first-order valence-corrected chi connectivity index (χ1v) is 7.51. The van der Waals surface area contributed by atoms with Gasteiger partial charge in [-0.05, 0) is 48.7 Å². The molecule has 2 nitrogen and oxygen atoms in total. The maximum Gasteiger partial charge on any atom is 0.125 e. The summed E-state index contributed by atoms with van der Waals surface area (Å²) in [7, 11) is 0. The molecule has 0 aliphatic heterocycles. The minimum Gasteiger partial charge on any atom is -0.367 e. The van der Waals surface area contributed by atoms with Crippen LogP contribution in [0.3, 0.4) is 0 Å². The lowest BCUT2D eigenvalue weighted by atomic mass is 10.1. The first-order chi connectivity index (χ1) is 10.2. The number of anilines is 1. The second kappa shape index (κ2) is 7.79. The summed E-state index contributed by atoms with van der Waals surface area (Å²) in [5.41, 5.74) is 9.08. The van der Waals surface area contributed by atoms with Gasteiger partial charge in [-0.2, -0.15) is 0 Å². The van der Waals surface area contributed by atoms with Gasteiger partial charge in [0.2, 0.25) is 0 Å². The van der Waals surface area contributed by atoms with Crippen molar-refractivity contribution in [1.82, 2.24) is 0 Å². The second-order valence-corrected chi connectivity index (χ2v) is 5.21. The van der Waals surface area contributed by atoms with Gasteiger partial charge in [-0.3, -0.25) is 0 Å². The molecule has 3 heteroatoms. The average molecular weight is 286 g/mol. The number of benzene rings is 2. The number of nitrogens with two attached hydrogens (primary N) is 1. The molecule has 21 heavy (non-hydrogen) atoms. The van der Waals surface area contributed by atoms with Gasteiger partial charge in [0.25, 0.3) is 0 Å². The van der Waals surface area contributed by atoms with Crippen LogP contribution in [-0.2, 0) is 13.0 Å². The van der Waals surface area contributed by atoms with Gasteiger partial charge in [0.1, 0.15) is 5.82 Å². The van der Waals surface area contributed by atoms with Gasteiger partial charge in [0.05, 0.1) is 0 Å². The van der Waals surface area contributed by atoms with Gasteiger partial charge in [0, 0.05) is 18.8 Å². The molecule has 0 heterocycles. The molecule has 2 aromatic rings. The predicted octanol–water partition coefficient (Wildman–Crippen LogP) is 3.74. The number of hydrogen-bond acceptors (Lipinski definition) is 2. The summed E-state index contributed by atoms with van der Waals surface area (Å²) in [6.07, 6.45) is 1.94. The first kappa shape index (κ1) is 15.5. The van der Waals surface area contributed by atoms with Crippen LogP contribution >= 0.6 is 0 Å². The van der Waals surface area contributed by atoms with Crippen molar-refractivity contribution in [3.05, 3.63) is 65.5 Å². The van der Waals surface area contributed by atoms with Crippen molar-refractivity contribution in [2.24, 2.45) is 5.73 Å². The second-order valence-electron chi connectivity index (χ2n) is 5.21. The largest absolute Gasteiger partial charge is 0.367 e. The average Bonchev–Trinajstić information content (AvgIpc) is 2.52. The third-order valence-electron chi connectivity index (χ3n) is 3.61. The minimum absolute atomic E-state index is 0.202.